The highest BCUT2D eigenvalue weighted by molar-refractivity contribution is 7.90. The molecule has 0 aliphatic carbocycles. The minimum absolute atomic E-state index is 0.0553. The summed E-state index contributed by atoms with van der Waals surface area (Å²) in [6.45, 7) is 0. The Morgan fingerprint density at radius 2 is 1.90 bits per heavy atom. The van der Waals surface area contributed by atoms with Gasteiger partial charge in [0.2, 0.25) is 0 Å². The van der Waals surface area contributed by atoms with Gasteiger partial charge in [0.25, 0.3) is 0 Å². The normalized spacial score (nSPS) is 11.1. The van der Waals surface area contributed by atoms with Gasteiger partial charge >= 0.3 is 5.97 Å². The van der Waals surface area contributed by atoms with Gasteiger partial charge in [0.15, 0.2) is 9.84 Å². The zero-order valence-electron chi connectivity index (χ0n) is 11.1. The third-order valence-electron chi connectivity index (χ3n) is 2.72. The number of nitrogens with zero attached hydrogens (tertiary/aromatic N) is 1. The molecule has 0 amide bonds. The molecule has 0 saturated carbocycles. The molecule has 110 valence electrons. The van der Waals surface area contributed by atoms with Crippen molar-refractivity contribution in [1.29, 1.82) is 0 Å². The van der Waals surface area contributed by atoms with Crippen molar-refractivity contribution < 1.29 is 18.3 Å². The second-order valence-electron chi connectivity index (χ2n) is 4.38. The molecule has 2 aromatic rings. The molecular formula is C13H13N3O4S. The minimum Gasteiger partial charge on any atom is -0.478 e. The van der Waals surface area contributed by atoms with E-state index < -0.39 is 15.8 Å². The van der Waals surface area contributed by atoms with E-state index in [0.29, 0.717) is 11.5 Å². The Bertz CT molecular complexity index is 786. The van der Waals surface area contributed by atoms with Crippen LogP contribution in [0.4, 0.5) is 17.2 Å². The number of benzene rings is 1. The molecule has 0 saturated heterocycles. The van der Waals surface area contributed by atoms with E-state index in [-0.39, 0.29) is 16.1 Å². The van der Waals surface area contributed by atoms with E-state index in [2.05, 4.69) is 10.3 Å². The van der Waals surface area contributed by atoms with Crippen molar-refractivity contribution in [3.63, 3.8) is 0 Å². The molecule has 0 bridgehead atoms. The summed E-state index contributed by atoms with van der Waals surface area (Å²) in [6, 6.07) is 7.34. The molecule has 0 fully saturated rings. The van der Waals surface area contributed by atoms with Crippen molar-refractivity contribution in [2.24, 2.45) is 0 Å². The second-order valence-corrected chi connectivity index (χ2v) is 6.40. The van der Waals surface area contributed by atoms with E-state index in [1.165, 1.54) is 24.4 Å². The predicted molar refractivity (Wildman–Crippen MR) is 78.4 cm³/mol. The highest BCUT2D eigenvalue weighted by Gasteiger charge is 2.10. The van der Waals surface area contributed by atoms with Crippen molar-refractivity contribution in [1.82, 2.24) is 4.98 Å². The van der Waals surface area contributed by atoms with Crippen LogP contribution in [0.25, 0.3) is 0 Å². The lowest BCUT2D eigenvalue weighted by Gasteiger charge is -2.08. The molecule has 0 aliphatic rings. The fourth-order valence-electron chi connectivity index (χ4n) is 1.65. The van der Waals surface area contributed by atoms with Gasteiger partial charge in [0.05, 0.1) is 22.3 Å². The van der Waals surface area contributed by atoms with Crippen LogP contribution >= 0.6 is 0 Å². The van der Waals surface area contributed by atoms with Gasteiger partial charge in [0, 0.05) is 11.9 Å². The van der Waals surface area contributed by atoms with E-state index >= 15 is 0 Å². The highest BCUT2D eigenvalue weighted by atomic mass is 32.2. The summed E-state index contributed by atoms with van der Waals surface area (Å²) in [5.41, 5.74) is 6.11. The van der Waals surface area contributed by atoms with Gasteiger partial charge in [-0.1, -0.05) is 0 Å². The van der Waals surface area contributed by atoms with Crippen molar-refractivity contribution in [2.45, 2.75) is 4.90 Å². The number of aromatic nitrogens is 1. The van der Waals surface area contributed by atoms with Crippen LogP contribution in [0, 0.1) is 0 Å². The van der Waals surface area contributed by atoms with Gasteiger partial charge in [-0.2, -0.15) is 0 Å². The van der Waals surface area contributed by atoms with Gasteiger partial charge in [0.1, 0.15) is 5.82 Å². The van der Waals surface area contributed by atoms with Gasteiger partial charge in [-0.3, -0.25) is 0 Å². The molecule has 8 heteroatoms. The molecule has 0 aliphatic heterocycles. The number of pyridine rings is 1. The van der Waals surface area contributed by atoms with Crippen molar-refractivity contribution >= 4 is 33.0 Å². The molecule has 2 rings (SSSR count). The Balaban J connectivity index is 2.26. The topological polar surface area (TPSA) is 122 Å². The maximum atomic E-state index is 11.3. The van der Waals surface area contributed by atoms with Crippen LogP contribution < -0.4 is 11.1 Å². The molecule has 4 N–H and O–H groups in total. The summed E-state index contributed by atoms with van der Waals surface area (Å²) in [6.07, 6.45) is 2.37. The molecule has 1 heterocycles. The third kappa shape index (κ3) is 3.48. The van der Waals surface area contributed by atoms with Crippen LogP contribution in [0.1, 0.15) is 10.4 Å². The summed E-state index contributed by atoms with van der Waals surface area (Å²) < 4.78 is 22.7. The smallest absolute Gasteiger partial charge is 0.337 e. The lowest BCUT2D eigenvalue weighted by molar-refractivity contribution is 0.0698. The van der Waals surface area contributed by atoms with E-state index in [4.69, 9.17) is 10.8 Å². The van der Waals surface area contributed by atoms with Gasteiger partial charge in [-0.15, -0.1) is 0 Å². The standard InChI is InChI=1S/C13H13N3O4S/c1-21(19,20)9-4-2-8(3-5-9)16-12-6-10(13(17)18)11(14)7-15-12/h2-7H,14H2,1H3,(H,15,16)(H,17,18). The molecule has 0 spiro atoms. The van der Waals surface area contributed by atoms with Gasteiger partial charge in [-0.05, 0) is 30.3 Å². The van der Waals surface area contributed by atoms with Crippen LogP contribution in [0.5, 0.6) is 0 Å². The Morgan fingerprint density at radius 3 is 2.43 bits per heavy atom. The predicted octanol–water partition coefficient (Wildman–Crippen LogP) is 1.51. The molecule has 0 atom stereocenters. The molecule has 7 nitrogen and oxygen atoms in total. The average Bonchev–Trinajstić information content (AvgIpc) is 2.40. The molecule has 0 radical (unpaired) electrons. The number of aromatic carboxylic acids is 1. The number of nitrogens with one attached hydrogen (secondary N) is 1. The van der Waals surface area contributed by atoms with Crippen molar-refractivity contribution in [3.05, 3.63) is 42.1 Å². The van der Waals surface area contributed by atoms with E-state index in [0.717, 1.165) is 6.26 Å². The first-order chi connectivity index (χ1) is 9.77. The maximum absolute atomic E-state index is 11.3. The number of anilines is 3. The van der Waals surface area contributed by atoms with Gasteiger partial charge < -0.3 is 16.2 Å². The first-order valence-corrected chi connectivity index (χ1v) is 7.72. The molecule has 1 aromatic carbocycles. The van der Waals surface area contributed by atoms with E-state index in [1.54, 1.807) is 12.1 Å². The number of hydrogen-bond donors (Lipinski definition) is 3. The number of carboxylic acid groups (broad SMARTS) is 1. The number of sulfone groups is 1. The monoisotopic (exact) mass is 307 g/mol. The summed E-state index contributed by atoms with van der Waals surface area (Å²) in [7, 11) is -3.25. The fourth-order valence-corrected chi connectivity index (χ4v) is 2.28. The molecule has 0 unspecified atom stereocenters. The summed E-state index contributed by atoms with van der Waals surface area (Å²) in [5, 5.41) is 11.9. The fraction of sp³-hybridized carbons (Fsp3) is 0.0769. The number of rotatable bonds is 4. The van der Waals surface area contributed by atoms with E-state index in [9.17, 15) is 13.2 Å². The highest BCUT2D eigenvalue weighted by Crippen LogP contribution is 2.20. The average molecular weight is 307 g/mol. The second kappa shape index (κ2) is 5.41. The lowest BCUT2D eigenvalue weighted by atomic mass is 10.2. The number of nitrogens with two attached hydrogens (primary N) is 1. The Hall–Kier alpha value is -2.61. The summed E-state index contributed by atoms with van der Waals surface area (Å²) >= 11 is 0. The van der Waals surface area contributed by atoms with Crippen LogP contribution in [-0.2, 0) is 9.84 Å². The summed E-state index contributed by atoms with van der Waals surface area (Å²) in [4.78, 5) is 15.1. The Morgan fingerprint density at radius 1 is 1.29 bits per heavy atom. The van der Waals surface area contributed by atoms with Crippen LogP contribution in [0.2, 0.25) is 0 Å². The molecular weight excluding hydrogens is 294 g/mol. The first kappa shape index (κ1) is 14.8. The number of carboxylic acids is 1. The summed E-state index contributed by atoms with van der Waals surface area (Å²) in [5.74, 6) is -0.848. The van der Waals surface area contributed by atoms with Crippen LogP contribution in [0.15, 0.2) is 41.4 Å². The quantitative estimate of drug-likeness (QED) is 0.782. The number of hydrogen-bond acceptors (Lipinski definition) is 6. The minimum atomic E-state index is -3.25. The van der Waals surface area contributed by atoms with Crippen molar-refractivity contribution in [2.75, 3.05) is 17.3 Å². The van der Waals surface area contributed by atoms with E-state index in [1.807, 2.05) is 0 Å². The molecule has 1 aromatic heterocycles. The number of carbonyl (C=O) groups is 1. The Kier molecular flexibility index (Phi) is 3.81. The zero-order chi connectivity index (χ0) is 15.6. The van der Waals surface area contributed by atoms with Crippen molar-refractivity contribution in [3.8, 4) is 0 Å². The van der Waals surface area contributed by atoms with Crippen LogP contribution in [-0.4, -0.2) is 30.7 Å². The lowest BCUT2D eigenvalue weighted by Crippen LogP contribution is -2.05. The van der Waals surface area contributed by atoms with Gasteiger partial charge in [-0.25, -0.2) is 18.2 Å². The number of nitrogen functional groups attached to an aromatic ring is 1. The zero-order valence-corrected chi connectivity index (χ0v) is 11.9. The Labute approximate surface area is 121 Å². The van der Waals surface area contributed by atoms with Crippen LogP contribution in [0.3, 0.4) is 0 Å². The molecule has 21 heavy (non-hydrogen) atoms. The largest absolute Gasteiger partial charge is 0.478 e. The SMILES string of the molecule is CS(=O)(=O)c1ccc(Nc2cc(C(=O)O)c(N)cn2)cc1. The first-order valence-electron chi connectivity index (χ1n) is 5.83. The maximum Gasteiger partial charge on any atom is 0.337 e. The third-order valence-corrected chi connectivity index (χ3v) is 3.85.